The van der Waals surface area contributed by atoms with Crippen LogP contribution < -0.4 is 61.4 Å². The molecule has 6 amide bonds. The molecule has 0 saturated carbocycles. The molecule has 0 spiro atoms. The largest absolute Gasteiger partial charge is 0.481 e. The molecule has 0 fully saturated rings. The van der Waals surface area contributed by atoms with E-state index in [4.69, 9.17) is 50.0 Å². The number of nitrogens with zero attached hydrogens (tertiary/aromatic N) is 2. The van der Waals surface area contributed by atoms with E-state index in [0.717, 1.165) is 38.9 Å². The molecule has 5 aromatic carbocycles. The molecule has 19 N–H and O–H groups in total. The fourth-order valence-electron chi connectivity index (χ4n) is 8.22. The molecule has 23 nitrogen and oxygen atoms in total. The Kier molecular flexibility index (Phi) is 32.8. The summed E-state index contributed by atoms with van der Waals surface area (Å²) in [6, 6.07) is 38.8. The lowest BCUT2D eigenvalue weighted by Crippen LogP contribution is -2.56. The molecule has 0 heterocycles. The number of amides is 6. The first kappa shape index (κ1) is 72.0. The van der Waals surface area contributed by atoms with Crippen molar-refractivity contribution in [3.05, 3.63) is 156 Å². The zero-order valence-corrected chi connectivity index (χ0v) is 48.9. The van der Waals surface area contributed by atoms with Crippen molar-refractivity contribution in [2.75, 3.05) is 13.1 Å². The maximum absolute atomic E-state index is 13.5. The van der Waals surface area contributed by atoms with Gasteiger partial charge in [-0.25, -0.2) is 0 Å². The van der Waals surface area contributed by atoms with Crippen LogP contribution in [0.4, 0.5) is 0 Å². The fraction of sp³-hybridized carbons (Fsp3) is 0.333. The van der Waals surface area contributed by atoms with Crippen LogP contribution in [-0.2, 0) is 62.5 Å². The number of nitrogens with two attached hydrogens (primary N) is 7. The highest BCUT2D eigenvalue weighted by atomic mass is 35.5. The lowest BCUT2D eigenvalue weighted by Gasteiger charge is -2.23. The molecule has 0 radical (unpaired) electrons. The number of halogens is 2. The van der Waals surface area contributed by atoms with E-state index in [1.807, 2.05) is 140 Å². The zero-order valence-electron chi connectivity index (χ0n) is 47.3. The summed E-state index contributed by atoms with van der Waals surface area (Å²) in [6.45, 7) is 2.34. The molecule has 85 heavy (non-hydrogen) atoms. The summed E-state index contributed by atoms with van der Waals surface area (Å²) < 4.78 is 5.32. The van der Waals surface area contributed by atoms with Gasteiger partial charge in [0.25, 0.3) is 0 Å². The number of carboxylic acids is 1. The van der Waals surface area contributed by atoms with E-state index in [-0.39, 0.29) is 108 Å². The van der Waals surface area contributed by atoms with E-state index >= 15 is 0 Å². The second kappa shape index (κ2) is 38.7. The van der Waals surface area contributed by atoms with Crippen LogP contribution in [0.1, 0.15) is 75.0 Å². The predicted octanol–water partition coefficient (Wildman–Crippen LogP) is 3.00. The van der Waals surface area contributed by atoms with Gasteiger partial charge < -0.3 is 71.2 Å². The van der Waals surface area contributed by atoms with Gasteiger partial charge in [0.05, 0.1) is 6.04 Å². The lowest BCUT2D eigenvalue weighted by atomic mass is 9.98. The number of aliphatic carboxylic acids is 1. The minimum Gasteiger partial charge on any atom is -0.481 e. The minimum atomic E-state index is -1.13. The van der Waals surface area contributed by atoms with E-state index in [2.05, 4.69) is 31.3 Å². The molecule has 0 aromatic heterocycles. The topological polar surface area (TPSA) is 421 Å². The van der Waals surface area contributed by atoms with Crippen molar-refractivity contribution in [1.29, 1.82) is 0 Å². The van der Waals surface area contributed by atoms with Crippen molar-refractivity contribution in [3.8, 4) is 22.3 Å². The Balaban J connectivity index is 0.000000575. The van der Waals surface area contributed by atoms with Crippen LogP contribution >= 0.6 is 24.8 Å². The molecular formula is C60H79Cl2N13O10. The van der Waals surface area contributed by atoms with Gasteiger partial charge in [-0.05, 0) is 77.5 Å². The first-order valence-corrected chi connectivity index (χ1v) is 27.1. The summed E-state index contributed by atoms with van der Waals surface area (Å²) >= 11 is 0. The summed E-state index contributed by atoms with van der Waals surface area (Å²) in [7, 11) is 0. The van der Waals surface area contributed by atoms with Crippen LogP contribution in [0, 0.1) is 5.92 Å². The van der Waals surface area contributed by atoms with Crippen LogP contribution in [0.15, 0.2) is 150 Å². The van der Waals surface area contributed by atoms with Crippen molar-refractivity contribution in [2.24, 2.45) is 56.0 Å². The number of carboxylic acid groups (broad SMARTS) is 1. The van der Waals surface area contributed by atoms with Crippen LogP contribution in [-0.4, -0.2) is 108 Å². The quantitative estimate of drug-likeness (QED) is 0.0127. The van der Waals surface area contributed by atoms with Gasteiger partial charge >= 0.3 is 11.9 Å². The highest BCUT2D eigenvalue weighted by Gasteiger charge is 2.30. The highest BCUT2D eigenvalue weighted by Crippen LogP contribution is 2.22. The third-order valence-electron chi connectivity index (χ3n) is 13.0. The fourth-order valence-corrected chi connectivity index (χ4v) is 8.22. The standard InChI is InChI=1S/C34H42N6O5.C26H35N7O5.2ClH/c1-23(14-19-30(41)45-22-25-9-4-2-5-10-25)32(43)40-29(33(44)39-28(31(35)42)13-8-20-38-34(36)37)21-24-15-17-27(18-16-24)26-11-6-3-7-12-26;27-19(12-13-22(34)35)24(37)33-21(25(38)32-20(23(28)36)7-4-14-31-26(29)30)15-16-8-10-18(11-9-16)17-5-2-1-3-6-17;;/h2-7,9-12,15-18,23,28-29H,8,13-14,19-22H2,1H3,(H2,35,42)(H,39,44)(H,40,43)(H4,36,37,38);1-3,5-6,8-11,19-21H,4,7,12-15,27H2,(H2,28,36)(H,32,38)(H,33,37)(H,34,35)(H4,29,30,31);2*1H/t23-,28-,29-;19-,20-,21-;;/m11../s1. The average Bonchev–Trinajstić information content (AvgIpc) is 3.68. The zero-order chi connectivity index (χ0) is 60.7. The Hall–Kier alpha value is -9.06. The number of hydrogen-bond donors (Lipinski definition) is 12. The van der Waals surface area contributed by atoms with Gasteiger partial charge in [-0.2, -0.15) is 0 Å². The van der Waals surface area contributed by atoms with Crippen LogP contribution in [0.3, 0.4) is 0 Å². The highest BCUT2D eigenvalue weighted by molar-refractivity contribution is 5.94. The number of guanidine groups is 2. The van der Waals surface area contributed by atoms with Crippen molar-refractivity contribution in [1.82, 2.24) is 21.3 Å². The number of esters is 1. The number of ether oxygens (including phenoxy) is 1. The molecule has 0 aliphatic heterocycles. The molecule has 458 valence electrons. The number of carbonyl (C=O) groups is 8. The number of aliphatic imine (C=N–C) groups is 2. The number of primary amides is 2. The first-order chi connectivity index (χ1) is 39.7. The second-order valence-electron chi connectivity index (χ2n) is 19.6. The number of hydrogen-bond acceptors (Lipinski definition) is 12. The van der Waals surface area contributed by atoms with Gasteiger partial charge in [0.1, 0.15) is 30.8 Å². The maximum atomic E-state index is 13.5. The van der Waals surface area contributed by atoms with E-state index in [0.29, 0.717) is 12.8 Å². The van der Waals surface area contributed by atoms with Gasteiger partial charge in [0.15, 0.2) is 11.9 Å². The Morgan fingerprint density at radius 3 is 1.22 bits per heavy atom. The van der Waals surface area contributed by atoms with Crippen molar-refractivity contribution in [2.45, 2.75) is 108 Å². The molecule has 0 aliphatic carbocycles. The third kappa shape index (κ3) is 27.7. The molecule has 25 heteroatoms. The molecule has 0 saturated heterocycles. The Labute approximate surface area is 506 Å². The molecule has 5 rings (SSSR count). The number of rotatable bonds is 32. The summed E-state index contributed by atoms with van der Waals surface area (Å²) in [4.78, 5) is 107. The van der Waals surface area contributed by atoms with Gasteiger partial charge in [-0.3, -0.25) is 48.3 Å². The summed E-state index contributed by atoms with van der Waals surface area (Å²) in [5.41, 5.74) is 44.6. The Morgan fingerprint density at radius 2 is 0.835 bits per heavy atom. The Morgan fingerprint density at radius 1 is 0.459 bits per heavy atom. The lowest BCUT2D eigenvalue weighted by molar-refractivity contribution is -0.145. The normalized spacial score (nSPS) is 12.5. The molecule has 6 atom stereocenters. The van der Waals surface area contributed by atoms with E-state index < -0.39 is 83.5 Å². The number of carbonyl (C=O) groups excluding carboxylic acids is 7. The van der Waals surface area contributed by atoms with E-state index in [9.17, 15) is 38.4 Å². The van der Waals surface area contributed by atoms with Crippen molar-refractivity contribution >= 4 is 84.1 Å². The molecule has 0 aliphatic rings. The van der Waals surface area contributed by atoms with Crippen LogP contribution in [0.5, 0.6) is 0 Å². The maximum Gasteiger partial charge on any atom is 0.306 e. The average molecular weight is 1210 g/mol. The molecule has 5 aromatic rings. The minimum absolute atomic E-state index is 0. The van der Waals surface area contributed by atoms with Crippen LogP contribution in [0.2, 0.25) is 0 Å². The van der Waals surface area contributed by atoms with Gasteiger partial charge in [0, 0.05) is 44.7 Å². The monoisotopic (exact) mass is 1210 g/mol. The van der Waals surface area contributed by atoms with Gasteiger partial charge in [-0.15, -0.1) is 24.8 Å². The van der Waals surface area contributed by atoms with E-state index in [1.54, 1.807) is 6.92 Å². The number of benzene rings is 5. The van der Waals surface area contributed by atoms with Crippen molar-refractivity contribution < 1.29 is 48.2 Å². The predicted molar refractivity (Wildman–Crippen MR) is 331 cm³/mol. The second-order valence-corrected chi connectivity index (χ2v) is 19.6. The van der Waals surface area contributed by atoms with Crippen molar-refractivity contribution in [3.63, 3.8) is 0 Å². The molecule has 0 bridgehead atoms. The van der Waals surface area contributed by atoms with Crippen LogP contribution in [0.25, 0.3) is 22.3 Å². The van der Waals surface area contributed by atoms with E-state index in [1.165, 1.54) is 0 Å². The molecule has 0 unspecified atom stereocenters. The smallest absolute Gasteiger partial charge is 0.306 e. The SMILES string of the molecule is C[C@H](CCC(=O)OCc1ccccc1)C(=O)N[C@H](Cc1ccc(-c2ccccc2)cc1)C(=O)N[C@H](CCCN=C(N)N)C(N)=O.Cl.Cl.NC(=O)[C@@H](CCCN=C(N)N)NC(=O)[C@@H](Cc1ccc(-c2ccccc2)cc1)NC(=O)[C@H](N)CCC(=O)O. The van der Waals surface area contributed by atoms with Gasteiger partial charge in [-0.1, -0.05) is 146 Å². The molecular weight excluding hydrogens is 1130 g/mol. The summed E-state index contributed by atoms with van der Waals surface area (Å²) in [5.74, 6) is -6.02. The van der Waals surface area contributed by atoms with Gasteiger partial charge in [0.2, 0.25) is 35.4 Å². The number of nitrogens with one attached hydrogen (secondary N) is 4. The summed E-state index contributed by atoms with van der Waals surface area (Å²) in [5, 5.41) is 19.5. The Bertz CT molecular complexity index is 2960. The first-order valence-electron chi connectivity index (χ1n) is 27.1. The third-order valence-corrected chi connectivity index (χ3v) is 13.0. The summed E-state index contributed by atoms with van der Waals surface area (Å²) in [6.07, 6.45) is 1.31.